The average molecular weight is 294 g/mol. The van der Waals surface area contributed by atoms with Crippen LogP contribution in [-0.4, -0.2) is 35.7 Å². The van der Waals surface area contributed by atoms with Crippen LogP contribution in [0.25, 0.3) is 0 Å². The van der Waals surface area contributed by atoms with Crippen LogP contribution in [0.2, 0.25) is 0 Å². The fraction of sp³-hybridized carbons (Fsp3) is 0.929. The molecule has 106 valence electrons. The molecule has 0 atom stereocenters. The Labute approximate surface area is 121 Å². The lowest BCUT2D eigenvalue weighted by atomic mass is 9.77. The van der Waals surface area contributed by atoms with Gasteiger partial charge in [-0.05, 0) is 25.2 Å². The Morgan fingerprint density at radius 1 is 1.17 bits per heavy atom. The van der Waals surface area contributed by atoms with Crippen LogP contribution >= 0.6 is 23.2 Å². The first kappa shape index (κ1) is 16.1. The molecule has 1 aliphatic carbocycles. The average Bonchev–Trinajstić information content (AvgIpc) is 2.76. The van der Waals surface area contributed by atoms with Crippen LogP contribution in [0, 0.1) is 11.3 Å². The zero-order valence-electron chi connectivity index (χ0n) is 11.6. The molecule has 0 radical (unpaired) electrons. The molecule has 1 fully saturated rings. The van der Waals surface area contributed by atoms with Gasteiger partial charge in [0.25, 0.3) is 0 Å². The van der Waals surface area contributed by atoms with Crippen molar-refractivity contribution < 1.29 is 4.79 Å². The topological polar surface area (TPSA) is 20.3 Å². The van der Waals surface area contributed by atoms with Crippen LogP contribution in [-0.2, 0) is 4.79 Å². The minimum atomic E-state index is -0.133. The van der Waals surface area contributed by atoms with Crippen molar-refractivity contribution in [1.29, 1.82) is 0 Å². The maximum atomic E-state index is 12.8. The van der Waals surface area contributed by atoms with Crippen molar-refractivity contribution >= 4 is 29.1 Å². The van der Waals surface area contributed by atoms with Gasteiger partial charge in [-0.15, -0.1) is 23.2 Å². The summed E-state index contributed by atoms with van der Waals surface area (Å²) in [6.07, 6.45) is 5.41. The van der Waals surface area contributed by atoms with Crippen LogP contribution in [0.5, 0.6) is 0 Å². The predicted octanol–water partition coefficient (Wildman–Crippen LogP) is 3.90. The fourth-order valence-corrected chi connectivity index (χ4v) is 3.60. The second kappa shape index (κ2) is 7.59. The van der Waals surface area contributed by atoms with E-state index in [4.69, 9.17) is 23.2 Å². The number of nitrogens with zero attached hydrogens (tertiary/aromatic N) is 1. The summed E-state index contributed by atoms with van der Waals surface area (Å²) < 4.78 is 0. The monoisotopic (exact) mass is 293 g/mol. The van der Waals surface area contributed by atoms with Gasteiger partial charge in [0.15, 0.2) is 0 Å². The summed E-state index contributed by atoms with van der Waals surface area (Å²) in [5.41, 5.74) is -0.133. The Bertz CT molecular complexity index is 257. The fourth-order valence-electron chi connectivity index (χ4n) is 3.19. The van der Waals surface area contributed by atoms with Crippen molar-refractivity contribution in [2.45, 2.75) is 46.0 Å². The van der Waals surface area contributed by atoms with Crippen LogP contribution in [0.1, 0.15) is 46.0 Å². The second-order valence-corrected chi connectivity index (χ2v) is 6.51. The van der Waals surface area contributed by atoms with E-state index in [9.17, 15) is 4.79 Å². The molecule has 0 bridgehead atoms. The normalized spacial score (nSPS) is 18.3. The van der Waals surface area contributed by atoms with E-state index in [1.165, 1.54) is 12.8 Å². The summed E-state index contributed by atoms with van der Waals surface area (Å²) in [5.74, 6) is 1.82. The Hall–Kier alpha value is 0.0500. The molecule has 4 heteroatoms. The van der Waals surface area contributed by atoms with E-state index in [1.807, 2.05) is 4.90 Å². The van der Waals surface area contributed by atoms with Crippen molar-refractivity contribution in [3.63, 3.8) is 0 Å². The number of halogens is 2. The molecule has 0 N–H and O–H groups in total. The smallest absolute Gasteiger partial charge is 0.228 e. The van der Waals surface area contributed by atoms with Crippen LogP contribution in [0.4, 0.5) is 0 Å². The Balaban J connectivity index is 2.79. The zero-order valence-corrected chi connectivity index (χ0v) is 13.1. The van der Waals surface area contributed by atoms with Gasteiger partial charge in [0.1, 0.15) is 0 Å². The minimum absolute atomic E-state index is 0.133. The van der Waals surface area contributed by atoms with Gasteiger partial charge in [-0.3, -0.25) is 4.79 Å². The molecule has 1 rings (SSSR count). The van der Waals surface area contributed by atoms with Crippen molar-refractivity contribution in [2.75, 3.05) is 24.8 Å². The second-order valence-electron chi connectivity index (χ2n) is 5.76. The lowest BCUT2D eigenvalue weighted by Crippen LogP contribution is -2.45. The number of alkyl halides is 2. The van der Waals surface area contributed by atoms with Crippen molar-refractivity contribution in [1.82, 2.24) is 4.90 Å². The maximum Gasteiger partial charge on any atom is 0.228 e. The zero-order chi connectivity index (χ0) is 13.6. The third-order valence-corrected chi connectivity index (χ3v) is 4.15. The molecule has 18 heavy (non-hydrogen) atoms. The van der Waals surface area contributed by atoms with E-state index in [1.54, 1.807) is 0 Å². The summed E-state index contributed by atoms with van der Waals surface area (Å²) in [7, 11) is 0. The molecule has 1 amide bonds. The van der Waals surface area contributed by atoms with Crippen LogP contribution < -0.4 is 0 Å². The highest BCUT2D eigenvalue weighted by atomic mass is 35.5. The van der Waals surface area contributed by atoms with Gasteiger partial charge in [0.05, 0.1) is 0 Å². The highest BCUT2D eigenvalue weighted by Gasteiger charge is 2.43. The molecule has 0 aromatic rings. The summed E-state index contributed by atoms with van der Waals surface area (Å²) >= 11 is 11.6. The first-order valence-corrected chi connectivity index (χ1v) is 8.04. The Kier molecular flexibility index (Phi) is 6.79. The van der Waals surface area contributed by atoms with Gasteiger partial charge < -0.3 is 4.90 Å². The van der Waals surface area contributed by atoms with E-state index in [0.717, 1.165) is 19.3 Å². The summed E-state index contributed by atoms with van der Waals surface area (Å²) in [4.78, 5) is 14.7. The minimum Gasteiger partial charge on any atom is -0.340 e. The van der Waals surface area contributed by atoms with E-state index < -0.39 is 0 Å². The third-order valence-electron chi connectivity index (χ3n) is 3.81. The standard InChI is InChI=1S/C14H25Cl2NO/c1-12(2)11-14(5-3-4-6-14)13(18)17(9-7-15)10-8-16/h12H,3-11H2,1-2H3. The molecule has 1 saturated carbocycles. The van der Waals surface area contributed by atoms with Gasteiger partial charge in [0.2, 0.25) is 5.91 Å². The van der Waals surface area contributed by atoms with Gasteiger partial charge in [-0.1, -0.05) is 26.7 Å². The lowest BCUT2D eigenvalue weighted by molar-refractivity contribution is -0.142. The SMILES string of the molecule is CC(C)CC1(C(=O)N(CCCl)CCCl)CCCC1. The molecular weight excluding hydrogens is 269 g/mol. The predicted molar refractivity (Wildman–Crippen MR) is 78.4 cm³/mol. The Morgan fingerprint density at radius 3 is 2.06 bits per heavy atom. The van der Waals surface area contributed by atoms with Gasteiger partial charge in [-0.2, -0.15) is 0 Å². The third kappa shape index (κ3) is 4.03. The summed E-state index contributed by atoms with van der Waals surface area (Å²) in [6, 6.07) is 0. The summed E-state index contributed by atoms with van der Waals surface area (Å²) in [6.45, 7) is 5.63. The maximum absolute atomic E-state index is 12.8. The molecule has 1 aliphatic rings. The molecule has 0 aromatic carbocycles. The number of rotatable bonds is 7. The highest BCUT2D eigenvalue weighted by Crippen LogP contribution is 2.44. The number of hydrogen-bond acceptors (Lipinski definition) is 1. The first-order chi connectivity index (χ1) is 8.55. The molecule has 0 aromatic heterocycles. The van der Waals surface area contributed by atoms with Crippen molar-refractivity contribution in [2.24, 2.45) is 11.3 Å². The van der Waals surface area contributed by atoms with Gasteiger partial charge in [0, 0.05) is 30.3 Å². The number of hydrogen-bond donors (Lipinski definition) is 0. The molecule has 0 spiro atoms. The highest BCUT2D eigenvalue weighted by molar-refractivity contribution is 6.18. The molecule has 0 saturated heterocycles. The van der Waals surface area contributed by atoms with E-state index in [-0.39, 0.29) is 11.3 Å². The Morgan fingerprint density at radius 2 is 1.67 bits per heavy atom. The van der Waals surface area contributed by atoms with Crippen molar-refractivity contribution in [3.05, 3.63) is 0 Å². The number of carbonyl (C=O) groups excluding carboxylic acids is 1. The van der Waals surface area contributed by atoms with Crippen LogP contribution in [0.3, 0.4) is 0 Å². The molecule has 0 heterocycles. The number of amides is 1. The van der Waals surface area contributed by atoms with Crippen molar-refractivity contribution in [3.8, 4) is 0 Å². The van der Waals surface area contributed by atoms with Gasteiger partial charge >= 0.3 is 0 Å². The van der Waals surface area contributed by atoms with Gasteiger partial charge in [-0.25, -0.2) is 0 Å². The largest absolute Gasteiger partial charge is 0.340 e. The summed E-state index contributed by atoms with van der Waals surface area (Å²) in [5, 5.41) is 0. The molecule has 0 unspecified atom stereocenters. The van der Waals surface area contributed by atoms with E-state index in [2.05, 4.69) is 13.8 Å². The molecule has 2 nitrogen and oxygen atoms in total. The quantitative estimate of drug-likeness (QED) is 0.652. The molecular formula is C14H25Cl2NO. The number of carbonyl (C=O) groups is 1. The van der Waals surface area contributed by atoms with E-state index in [0.29, 0.717) is 30.8 Å². The van der Waals surface area contributed by atoms with E-state index >= 15 is 0 Å². The lowest BCUT2D eigenvalue weighted by Gasteiger charge is -2.35. The first-order valence-electron chi connectivity index (χ1n) is 6.97. The van der Waals surface area contributed by atoms with Crippen LogP contribution in [0.15, 0.2) is 0 Å². The molecule has 0 aliphatic heterocycles.